The van der Waals surface area contributed by atoms with E-state index in [0.29, 0.717) is 17.5 Å². The molecule has 0 radical (unpaired) electrons. The van der Waals surface area contributed by atoms with Crippen LogP contribution in [0.2, 0.25) is 0 Å². The summed E-state index contributed by atoms with van der Waals surface area (Å²) in [4.78, 5) is 10.8. The van der Waals surface area contributed by atoms with Crippen molar-refractivity contribution in [2.45, 2.75) is 31.3 Å². The second-order valence-corrected chi connectivity index (χ2v) is 5.66. The van der Waals surface area contributed by atoms with E-state index >= 15 is 0 Å². The van der Waals surface area contributed by atoms with Gasteiger partial charge in [0.1, 0.15) is 0 Å². The maximum Gasteiger partial charge on any atom is 0.335 e. The van der Waals surface area contributed by atoms with E-state index in [-0.39, 0.29) is 0 Å². The third-order valence-electron chi connectivity index (χ3n) is 4.20. The van der Waals surface area contributed by atoms with Crippen LogP contribution in [0, 0.1) is 0 Å². The zero-order valence-corrected chi connectivity index (χ0v) is 11.8. The molecule has 0 aliphatic heterocycles. The molecule has 0 unspecified atom stereocenters. The Hall–Kier alpha value is -2.13. The van der Waals surface area contributed by atoms with Gasteiger partial charge in [0, 0.05) is 12.6 Å². The molecule has 0 amide bonds. The van der Waals surface area contributed by atoms with E-state index in [1.165, 1.54) is 18.4 Å². The van der Waals surface area contributed by atoms with E-state index in [9.17, 15) is 4.79 Å². The maximum absolute atomic E-state index is 10.8. The molecule has 2 aromatic carbocycles. The lowest BCUT2D eigenvalue weighted by molar-refractivity contribution is 0.0697. The van der Waals surface area contributed by atoms with Crippen molar-refractivity contribution < 1.29 is 9.90 Å². The summed E-state index contributed by atoms with van der Waals surface area (Å²) < 4.78 is 0. The first-order valence-electron chi connectivity index (χ1n) is 7.33. The third kappa shape index (κ3) is 3.31. The van der Waals surface area contributed by atoms with Gasteiger partial charge in [-0.05, 0) is 42.0 Å². The smallest absolute Gasteiger partial charge is 0.335 e. The molecule has 1 saturated carbocycles. The zero-order valence-electron chi connectivity index (χ0n) is 11.8. The van der Waals surface area contributed by atoms with Crippen LogP contribution in [-0.4, -0.2) is 17.1 Å². The molecule has 0 saturated heterocycles. The second kappa shape index (κ2) is 6.10. The van der Waals surface area contributed by atoms with E-state index in [0.717, 1.165) is 12.1 Å². The molecule has 3 heteroatoms. The third-order valence-corrected chi connectivity index (χ3v) is 4.20. The van der Waals surface area contributed by atoms with Crippen molar-refractivity contribution >= 4 is 5.97 Å². The Labute approximate surface area is 124 Å². The maximum atomic E-state index is 10.8. The Balaban J connectivity index is 1.46. The number of hydrogen-bond donors (Lipinski definition) is 2. The number of rotatable bonds is 5. The minimum Gasteiger partial charge on any atom is -0.478 e. The van der Waals surface area contributed by atoms with Gasteiger partial charge >= 0.3 is 5.97 Å². The Bertz CT molecular complexity index is 601. The van der Waals surface area contributed by atoms with Crippen molar-refractivity contribution in [2.75, 3.05) is 0 Å². The van der Waals surface area contributed by atoms with Gasteiger partial charge in [-0.3, -0.25) is 0 Å². The molecule has 0 aromatic heterocycles. The van der Waals surface area contributed by atoms with Crippen molar-refractivity contribution in [2.24, 2.45) is 0 Å². The van der Waals surface area contributed by atoms with E-state index in [2.05, 4.69) is 35.6 Å². The first kappa shape index (κ1) is 13.8. The summed E-state index contributed by atoms with van der Waals surface area (Å²) in [6, 6.07) is 18.3. The van der Waals surface area contributed by atoms with Crippen LogP contribution in [0.25, 0.3) is 0 Å². The summed E-state index contributed by atoms with van der Waals surface area (Å²) in [5.74, 6) is -0.197. The standard InChI is InChI=1S/C18H19NO2/c20-18(21)15-8-6-13(7-9-15)12-19-17-10-16(11-17)14-4-2-1-3-5-14/h1-9,16-17,19H,10-12H2,(H,20,21). The van der Waals surface area contributed by atoms with Gasteiger partial charge in [0.15, 0.2) is 0 Å². The Morgan fingerprint density at radius 1 is 1.05 bits per heavy atom. The number of aromatic carboxylic acids is 1. The van der Waals surface area contributed by atoms with E-state index in [4.69, 9.17) is 5.11 Å². The molecule has 1 aliphatic rings. The van der Waals surface area contributed by atoms with Gasteiger partial charge in [0.25, 0.3) is 0 Å². The van der Waals surface area contributed by atoms with Crippen LogP contribution in [0.1, 0.15) is 40.2 Å². The van der Waals surface area contributed by atoms with Crippen molar-refractivity contribution in [1.82, 2.24) is 5.32 Å². The number of nitrogens with one attached hydrogen (secondary N) is 1. The van der Waals surface area contributed by atoms with Crippen molar-refractivity contribution in [3.63, 3.8) is 0 Å². The minimum absolute atomic E-state index is 0.339. The first-order valence-corrected chi connectivity index (χ1v) is 7.33. The summed E-state index contributed by atoms with van der Waals surface area (Å²) in [6.07, 6.45) is 2.36. The van der Waals surface area contributed by atoms with E-state index in [1.807, 2.05) is 12.1 Å². The van der Waals surface area contributed by atoms with Crippen LogP contribution in [0.4, 0.5) is 0 Å². The van der Waals surface area contributed by atoms with Crippen LogP contribution >= 0.6 is 0 Å². The summed E-state index contributed by atoms with van der Waals surface area (Å²) >= 11 is 0. The Kier molecular flexibility index (Phi) is 4.02. The molecular weight excluding hydrogens is 262 g/mol. The normalized spacial score (nSPS) is 20.8. The van der Waals surface area contributed by atoms with Crippen LogP contribution < -0.4 is 5.32 Å². The fourth-order valence-corrected chi connectivity index (χ4v) is 2.81. The number of benzene rings is 2. The molecule has 1 fully saturated rings. The number of hydrogen-bond acceptors (Lipinski definition) is 2. The number of carboxylic acid groups (broad SMARTS) is 1. The first-order chi connectivity index (χ1) is 10.2. The van der Waals surface area contributed by atoms with Crippen LogP contribution in [-0.2, 0) is 6.54 Å². The molecule has 0 heterocycles. The molecule has 3 rings (SSSR count). The predicted octanol–water partition coefficient (Wildman–Crippen LogP) is 3.42. The van der Waals surface area contributed by atoms with Gasteiger partial charge in [0.2, 0.25) is 0 Å². The van der Waals surface area contributed by atoms with Gasteiger partial charge in [0.05, 0.1) is 5.56 Å². The van der Waals surface area contributed by atoms with Gasteiger partial charge in [-0.25, -0.2) is 4.79 Å². The molecule has 3 nitrogen and oxygen atoms in total. The average Bonchev–Trinajstić information content (AvgIpc) is 2.47. The average molecular weight is 281 g/mol. The highest BCUT2D eigenvalue weighted by atomic mass is 16.4. The lowest BCUT2D eigenvalue weighted by Crippen LogP contribution is -2.39. The van der Waals surface area contributed by atoms with E-state index < -0.39 is 5.97 Å². The fraction of sp³-hybridized carbons (Fsp3) is 0.278. The summed E-state index contributed by atoms with van der Waals surface area (Å²) in [5.41, 5.74) is 2.90. The fourth-order valence-electron chi connectivity index (χ4n) is 2.81. The summed E-state index contributed by atoms with van der Waals surface area (Å²) in [5, 5.41) is 12.4. The van der Waals surface area contributed by atoms with Crippen LogP contribution in [0.3, 0.4) is 0 Å². The largest absolute Gasteiger partial charge is 0.478 e. The lowest BCUT2D eigenvalue weighted by atomic mass is 9.76. The van der Waals surface area contributed by atoms with Crippen LogP contribution in [0.15, 0.2) is 54.6 Å². The van der Waals surface area contributed by atoms with Gasteiger partial charge in [-0.2, -0.15) is 0 Å². The van der Waals surface area contributed by atoms with Crippen molar-refractivity contribution in [3.05, 3.63) is 71.3 Å². The van der Waals surface area contributed by atoms with Gasteiger partial charge < -0.3 is 10.4 Å². The predicted molar refractivity (Wildman–Crippen MR) is 82.4 cm³/mol. The number of carboxylic acids is 1. The van der Waals surface area contributed by atoms with Gasteiger partial charge in [-0.1, -0.05) is 42.5 Å². The highest BCUT2D eigenvalue weighted by molar-refractivity contribution is 5.87. The van der Waals surface area contributed by atoms with Gasteiger partial charge in [-0.15, -0.1) is 0 Å². The minimum atomic E-state index is -0.876. The molecule has 0 bridgehead atoms. The Morgan fingerprint density at radius 2 is 1.71 bits per heavy atom. The molecule has 1 aliphatic carbocycles. The molecule has 21 heavy (non-hydrogen) atoms. The topological polar surface area (TPSA) is 49.3 Å². The monoisotopic (exact) mass is 281 g/mol. The lowest BCUT2D eigenvalue weighted by Gasteiger charge is -2.36. The SMILES string of the molecule is O=C(O)c1ccc(CNC2CC(c3ccccc3)C2)cc1. The molecule has 108 valence electrons. The van der Waals surface area contributed by atoms with Crippen molar-refractivity contribution in [3.8, 4) is 0 Å². The molecule has 2 N–H and O–H groups in total. The van der Waals surface area contributed by atoms with E-state index in [1.54, 1.807) is 12.1 Å². The summed E-state index contributed by atoms with van der Waals surface area (Å²) in [6.45, 7) is 0.798. The van der Waals surface area contributed by atoms with Crippen LogP contribution in [0.5, 0.6) is 0 Å². The zero-order chi connectivity index (χ0) is 14.7. The van der Waals surface area contributed by atoms with Crippen molar-refractivity contribution in [1.29, 1.82) is 0 Å². The highest BCUT2D eigenvalue weighted by Crippen LogP contribution is 2.36. The molecular formula is C18H19NO2. The molecule has 2 aromatic rings. The Morgan fingerprint density at radius 3 is 2.33 bits per heavy atom. The molecule has 0 atom stereocenters. The molecule has 0 spiro atoms. The second-order valence-electron chi connectivity index (χ2n) is 5.66. The quantitative estimate of drug-likeness (QED) is 0.883. The highest BCUT2D eigenvalue weighted by Gasteiger charge is 2.29. The number of carbonyl (C=O) groups is 1. The summed E-state index contributed by atoms with van der Waals surface area (Å²) in [7, 11) is 0.